The third-order valence-corrected chi connectivity index (χ3v) is 5.54. The summed E-state index contributed by atoms with van der Waals surface area (Å²) in [6, 6.07) is 27.0. The second kappa shape index (κ2) is 8.41. The molecule has 4 rings (SSSR count). The fourth-order valence-corrected chi connectivity index (χ4v) is 4.06. The van der Waals surface area contributed by atoms with Gasteiger partial charge in [0.05, 0.1) is 0 Å². The molecule has 0 heterocycles. The molecule has 0 bridgehead atoms. The van der Waals surface area contributed by atoms with E-state index in [1.54, 1.807) is 0 Å². The Morgan fingerprint density at radius 2 is 1.68 bits per heavy atom. The summed E-state index contributed by atoms with van der Waals surface area (Å²) in [4.78, 5) is 12.9. The van der Waals surface area contributed by atoms with E-state index in [2.05, 4.69) is 47.9 Å². The summed E-state index contributed by atoms with van der Waals surface area (Å²) in [5.74, 6) is 0.00164. The van der Waals surface area contributed by atoms with Gasteiger partial charge < -0.3 is 10.6 Å². The zero-order valence-electron chi connectivity index (χ0n) is 16.2. The number of carbonyl (C=O) groups is 1. The van der Waals surface area contributed by atoms with Gasteiger partial charge in [-0.2, -0.15) is 0 Å². The standard InChI is InChI=1S/C25H26N2O/c1-18(20-11-6-3-7-12-20)27-23-16-15-21-13-8-14-22(24(21)23)25(28)26-17-19-9-4-2-5-10-19/h2-14,18,23,27H,15-17H2,1H3,(H,26,28)/t18-,23+/m0/s1. The van der Waals surface area contributed by atoms with Crippen LogP contribution in [0.15, 0.2) is 78.9 Å². The van der Waals surface area contributed by atoms with Crippen LogP contribution in [-0.2, 0) is 13.0 Å². The number of nitrogens with one attached hydrogen (secondary N) is 2. The molecule has 3 nitrogen and oxygen atoms in total. The molecule has 0 spiro atoms. The van der Waals surface area contributed by atoms with E-state index in [-0.39, 0.29) is 18.0 Å². The predicted octanol–water partition coefficient (Wildman–Crippen LogP) is 4.95. The van der Waals surface area contributed by atoms with Crippen LogP contribution >= 0.6 is 0 Å². The lowest BCUT2D eigenvalue weighted by molar-refractivity contribution is 0.0949. The van der Waals surface area contributed by atoms with Crippen molar-refractivity contribution in [3.63, 3.8) is 0 Å². The van der Waals surface area contributed by atoms with Crippen LogP contribution in [0.3, 0.4) is 0 Å². The largest absolute Gasteiger partial charge is 0.348 e. The first kappa shape index (κ1) is 18.5. The van der Waals surface area contributed by atoms with E-state index >= 15 is 0 Å². The maximum atomic E-state index is 12.9. The highest BCUT2D eigenvalue weighted by atomic mass is 16.1. The molecule has 142 valence electrons. The zero-order valence-corrected chi connectivity index (χ0v) is 16.2. The second-order valence-corrected chi connectivity index (χ2v) is 7.44. The van der Waals surface area contributed by atoms with Crippen molar-refractivity contribution in [1.82, 2.24) is 10.6 Å². The number of aryl methyl sites for hydroxylation is 1. The highest BCUT2D eigenvalue weighted by Crippen LogP contribution is 2.35. The smallest absolute Gasteiger partial charge is 0.251 e. The summed E-state index contributed by atoms with van der Waals surface area (Å²) >= 11 is 0. The molecule has 1 amide bonds. The summed E-state index contributed by atoms with van der Waals surface area (Å²) in [7, 11) is 0. The SMILES string of the molecule is C[C@H](N[C@@H]1CCc2cccc(C(=O)NCc3ccccc3)c21)c1ccccc1. The van der Waals surface area contributed by atoms with Crippen LogP contribution in [0, 0.1) is 0 Å². The van der Waals surface area contributed by atoms with Gasteiger partial charge in [-0.25, -0.2) is 0 Å². The minimum atomic E-state index is 0.00164. The molecule has 2 N–H and O–H groups in total. The van der Waals surface area contributed by atoms with Crippen molar-refractivity contribution < 1.29 is 4.79 Å². The Morgan fingerprint density at radius 3 is 2.43 bits per heavy atom. The average Bonchev–Trinajstić information content (AvgIpc) is 3.16. The highest BCUT2D eigenvalue weighted by molar-refractivity contribution is 5.96. The molecule has 1 aliphatic carbocycles. The summed E-state index contributed by atoms with van der Waals surface area (Å²) in [6.45, 7) is 2.73. The van der Waals surface area contributed by atoms with Crippen LogP contribution < -0.4 is 10.6 Å². The molecule has 3 aromatic carbocycles. The molecule has 3 heteroatoms. The van der Waals surface area contributed by atoms with Crippen molar-refractivity contribution in [3.05, 3.63) is 107 Å². The number of rotatable bonds is 6. The molecule has 0 aromatic heterocycles. The summed E-state index contributed by atoms with van der Waals surface area (Å²) < 4.78 is 0. The summed E-state index contributed by atoms with van der Waals surface area (Å²) in [6.07, 6.45) is 2.03. The predicted molar refractivity (Wildman–Crippen MR) is 113 cm³/mol. The molecule has 0 radical (unpaired) electrons. The minimum absolute atomic E-state index is 0.00164. The molecule has 0 fully saturated rings. The van der Waals surface area contributed by atoms with E-state index in [1.165, 1.54) is 11.1 Å². The number of hydrogen-bond donors (Lipinski definition) is 2. The van der Waals surface area contributed by atoms with Gasteiger partial charge in [0.15, 0.2) is 0 Å². The number of fused-ring (bicyclic) bond motifs is 1. The van der Waals surface area contributed by atoms with Gasteiger partial charge >= 0.3 is 0 Å². The van der Waals surface area contributed by atoms with Crippen molar-refractivity contribution in [2.75, 3.05) is 0 Å². The van der Waals surface area contributed by atoms with E-state index < -0.39 is 0 Å². The maximum Gasteiger partial charge on any atom is 0.251 e. The Morgan fingerprint density at radius 1 is 0.964 bits per heavy atom. The van der Waals surface area contributed by atoms with Crippen LogP contribution in [-0.4, -0.2) is 5.91 Å². The monoisotopic (exact) mass is 370 g/mol. The molecule has 0 aliphatic heterocycles. The average molecular weight is 370 g/mol. The Balaban J connectivity index is 1.51. The van der Waals surface area contributed by atoms with Gasteiger partial charge in [-0.1, -0.05) is 72.8 Å². The quantitative estimate of drug-likeness (QED) is 0.644. The Bertz CT molecular complexity index is 937. The van der Waals surface area contributed by atoms with Gasteiger partial charge in [0.2, 0.25) is 0 Å². The van der Waals surface area contributed by atoms with Crippen molar-refractivity contribution in [2.45, 2.75) is 38.4 Å². The molecule has 1 aliphatic rings. The van der Waals surface area contributed by atoms with E-state index in [4.69, 9.17) is 0 Å². The van der Waals surface area contributed by atoms with E-state index in [9.17, 15) is 4.79 Å². The third-order valence-electron chi connectivity index (χ3n) is 5.54. The second-order valence-electron chi connectivity index (χ2n) is 7.44. The molecule has 28 heavy (non-hydrogen) atoms. The molecule has 3 aromatic rings. The van der Waals surface area contributed by atoms with Crippen LogP contribution in [0.1, 0.15) is 58.0 Å². The van der Waals surface area contributed by atoms with E-state index in [1.807, 2.05) is 48.5 Å². The van der Waals surface area contributed by atoms with Gasteiger partial charge in [-0.15, -0.1) is 0 Å². The van der Waals surface area contributed by atoms with E-state index in [0.717, 1.165) is 29.5 Å². The Kier molecular flexibility index (Phi) is 5.54. The molecule has 0 unspecified atom stereocenters. The number of benzene rings is 3. The summed E-state index contributed by atoms with van der Waals surface area (Å²) in [5.41, 5.74) is 5.61. The van der Waals surface area contributed by atoms with Crippen molar-refractivity contribution >= 4 is 5.91 Å². The first-order chi connectivity index (χ1) is 13.7. The fourth-order valence-electron chi connectivity index (χ4n) is 4.06. The summed E-state index contributed by atoms with van der Waals surface area (Å²) in [5, 5.41) is 6.82. The first-order valence-electron chi connectivity index (χ1n) is 9.97. The van der Waals surface area contributed by atoms with Crippen molar-refractivity contribution in [1.29, 1.82) is 0 Å². The molecular formula is C25H26N2O. The molecular weight excluding hydrogens is 344 g/mol. The zero-order chi connectivity index (χ0) is 19.3. The lowest BCUT2D eigenvalue weighted by Crippen LogP contribution is -2.28. The van der Waals surface area contributed by atoms with Crippen LogP contribution in [0.4, 0.5) is 0 Å². The molecule has 0 saturated heterocycles. The van der Waals surface area contributed by atoms with Crippen LogP contribution in [0.2, 0.25) is 0 Å². The highest BCUT2D eigenvalue weighted by Gasteiger charge is 2.28. The van der Waals surface area contributed by atoms with Crippen LogP contribution in [0.5, 0.6) is 0 Å². The van der Waals surface area contributed by atoms with Gasteiger partial charge in [0.25, 0.3) is 5.91 Å². The Hall–Kier alpha value is -2.91. The van der Waals surface area contributed by atoms with E-state index in [0.29, 0.717) is 6.54 Å². The Labute approximate surface area is 166 Å². The first-order valence-corrected chi connectivity index (χ1v) is 9.97. The number of amides is 1. The lowest BCUT2D eigenvalue weighted by atomic mass is 9.98. The number of carbonyl (C=O) groups excluding carboxylic acids is 1. The van der Waals surface area contributed by atoms with Gasteiger partial charge in [-0.3, -0.25) is 4.79 Å². The number of hydrogen-bond acceptors (Lipinski definition) is 2. The lowest BCUT2D eigenvalue weighted by Gasteiger charge is -2.22. The molecule has 2 atom stereocenters. The maximum absolute atomic E-state index is 12.9. The van der Waals surface area contributed by atoms with Crippen LogP contribution in [0.25, 0.3) is 0 Å². The van der Waals surface area contributed by atoms with Gasteiger partial charge in [0.1, 0.15) is 0 Å². The van der Waals surface area contributed by atoms with Crippen molar-refractivity contribution in [2.24, 2.45) is 0 Å². The third kappa shape index (κ3) is 4.00. The molecule has 0 saturated carbocycles. The minimum Gasteiger partial charge on any atom is -0.348 e. The van der Waals surface area contributed by atoms with Gasteiger partial charge in [0, 0.05) is 24.2 Å². The fraction of sp³-hybridized carbons (Fsp3) is 0.240. The normalized spacial score (nSPS) is 16.4. The van der Waals surface area contributed by atoms with Gasteiger partial charge in [-0.05, 0) is 48.1 Å². The van der Waals surface area contributed by atoms with Crippen molar-refractivity contribution in [3.8, 4) is 0 Å². The topological polar surface area (TPSA) is 41.1 Å².